The fraction of sp³-hybridized carbons (Fsp3) is 0.385. The van der Waals surface area contributed by atoms with Gasteiger partial charge in [0.2, 0.25) is 0 Å². The summed E-state index contributed by atoms with van der Waals surface area (Å²) in [5, 5.41) is 3.26. The summed E-state index contributed by atoms with van der Waals surface area (Å²) in [7, 11) is 1.70. The molecule has 80 valence electrons. The maximum Gasteiger partial charge on any atom is 0.0619 e. The van der Waals surface area contributed by atoms with Gasteiger partial charge in [-0.05, 0) is 12.0 Å². The van der Waals surface area contributed by atoms with Crippen molar-refractivity contribution in [2.45, 2.75) is 12.5 Å². The van der Waals surface area contributed by atoms with E-state index in [1.54, 1.807) is 7.11 Å². The van der Waals surface area contributed by atoms with Crippen LogP contribution in [0.4, 0.5) is 0 Å². The van der Waals surface area contributed by atoms with Crippen molar-refractivity contribution in [2.75, 3.05) is 20.3 Å². The molecule has 0 saturated heterocycles. The molecule has 0 fully saturated rings. The van der Waals surface area contributed by atoms with E-state index in [0.29, 0.717) is 13.2 Å². The van der Waals surface area contributed by atoms with Gasteiger partial charge in [-0.15, -0.1) is 6.42 Å². The van der Waals surface area contributed by atoms with E-state index in [1.165, 1.54) is 5.56 Å². The molecule has 0 spiro atoms. The van der Waals surface area contributed by atoms with E-state index in [0.717, 1.165) is 6.42 Å². The second-order valence-electron chi connectivity index (χ2n) is 3.43. The molecule has 1 N–H and O–H groups in total. The van der Waals surface area contributed by atoms with Crippen molar-refractivity contribution < 1.29 is 4.74 Å². The molecule has 0 aliphatic heterocycles. The standard InChI is InChI=1S/C13H17NO/c1-3-9-14-13(11-15-2)10-12-7-5-4-6-8-12/h1,4-8,13-14H,9-11H2,2H3. The van der Waals surface area contributed by atoms with E-state index in [-0.39, 0.29) is 6.04 Å². The topological polar surface area (TPSA) is 21.3 Å². The molecular weight excluding hydrogens is 186 g/mol. The van der Waals surface area contributed by atoms with E-state index in [9.17, 15) is 0 Å². The van der Waals surface area contributed by atoms with E-state index in [1.807, 2.05) is 18.2 Å². The quantitative estimate of drug-likeness (QED) is 0.707. The van der Waals surface area contributed by atoms with E-state index >= 15 is 0 Å². The van der Waals surface area contributed by atoms with Crippen LogP contribution >= 0.6 is 0 Å². The summed E-state index contributed by atoms with van der Waals surface area (Å²) in [6.45, 7) is 1.26. The third-order valence-corrected chi connectivity index (χ3v) is 2.19. The Morgan fingerprint density at radius 2 is 2.13 bits per heavy atom. The van der Waals surface area contributed by atoms with Gasteiger partial charge in [0.25, 0.3) is 0 Å². The maximum absolute atomic E-state index is 5.21. The van der Waals surface area contributed by atoms with Crippen LogP contribution in [0, 0.1) is 12.3 Å². The summed E-state index contributed by atoms with van der Waals surface area (Å²) in [5.74, 6) is 2.58. The maximum atomic E-state index is 5.21. The summed E-state index contributed by atoms with van der Waals surface area (Å²) in [4.78, 5) is 0. The molecule has 1 aromatic rings. The highest BCUT2D eigenvalue weighted by atomic mass is 16.5. The molecule has 0 bridgehead atoms. The third kappa shape index (κ3) is 4.64. The fourth-order valence-corrected chi connectivity index (χ4v) is 1.49. The van der Waals surface area contributed by atoms with Gasteiger partial charge in [0.15, 0.2) is 0 Å². The smallest absolute Gasteiger partial charge is 0.0619 e. The predicted octanol–water partition coefficient (Wildman–Crippen LogP) is 1.47. The van der Waals surface area contributed by atoms with Crippen molar-refractivity contribution in [3.63, 3.8) is 0 Å². The first-order chi connectivity index (χ1) is 7.36. The molecule has 0 heterocycles. The lowest BCUT2D eigenvalue weighted by molar-refractivity contribution is 0.168. The van der Waals surface area contributed by atoms with Crippen molar-refractivity contribution in [1.82, 2.24) is 5.32 Å². The lowest BCUT2D eigenvalue weighted by Gasteiger charge is -2.16. The Kier molecular flexibility index (Phi) is 5.54. The molecule has 0 radical (unpaired) electrons. The van der Waals surface area contributed by atoms with Crippen LogP contribution in [0.1, 0.15) is 5.56 Å². The van der Waals surface area contributed by atoms with Crippen molar-refractivity contribution in [3.8, 4) is 12.3 Å². The highest BCUT2D eigenvalue weighted by Gasteiger charge is 2.07. The summed E-state index contributed by atoms with van der Waals surface area (Å²) < 4.78 is 5.14. The number of hydrogen-bond acceptors (Lipinski definition) is 2. The molecule has 2 nitrogen and oxygen atoms in total. The van der Waals surface area contributed by atoms with E-state index in [2.05, 4.69) is 23.4 Å². The van der Waals surface area contributed by atoms with Crippen molar-refractivity contribution >= 4 is 0 Å². The Labute approximate surface area is 91.6 Å². The highest BCUT2D eigenvalue weighted by molar-refractivity contribution is 5.16. The second kappa shape index (κ2) is 7.05. The van der Waals surface area contributed by atoms with E-state index < -0.39 is 0 Å². The Bertz CT molecular complexity index is 302. The fourth-order valence-electron chi connectivity index (χ4n) is 1.49. The Morgan fingerprint density at radius 1 is 1.40 bits per heavy atom. The normalized spacial score (nSPS) is 12.0. The predicted molar refractivity (Wildman–Crippen MR) is 62.6 cm³/mol. The van der Waals surface area contributed by atoms with Crippen molar-refractivity contribution in [2.24, 2.45) is 0 Å². The molecule has 0 aliphatic carbocycles. The molecule has 0 aromatic heterocycles. The minimum absolute atomic E-state index is 0.286. The van der Waals surface area contributed by atoms with Gasteiger partial charge in [0.05, 0.1) is 13.2 Å². The number of hydrogen-bond donors (Lipinski definition) is 1. The number of rotatable bonds is 6. The Morgan fingerprint density at radius 3 is 2.73 bits per heavy atom. The lowest BCUT2D eigenvalue weighted by Crippen LogP contribution is -2.35. The summed E-state index contributed by atoms with van der Waals surface area (Å²) >= 11 is 0. The zero-order valence-corrected chi connectivity index (χ0v) is 9.07. The minimum atomic E-state index is 0.286. The zero-order chi connectivity index (χ0) is 10.9. The van der Waals surface area contributed by atoms with Crippen LogP contribution < -0.4 is 5.32 Å². The first kappa shape index (κ1) is 11.8. The van der Waals surface area contributed by atoms with Gasteiger partial charge in [-0.1, -0.05) is 36.3 Å². The summed E-state index contributed by atoms with van der Waals surface area (Å²) in [6.07, 6.45) is 6.15. The third-order valence-electron chi connectivity index (χ3n) is 2.19. The van der Waals surface area contributed by atoms with Gasteiger partial charge in [0, 0.05) is 13.2 Å². The molecule has 2 heteroatoms. The lowest BCUT2D eigenvalue weighted by atomic mass is 10.1. The average Bonchev–Trinajstić information content (AvgIpc) is 2.28. The number of terminal acetylenes is 1. The number of nitrogens with one attached hydrogen (secondary N) is 1. The zero-order valence-electron chi connectivity index (χ0n) is 9.07. The van der Waals surface area contributed by atoms with Crippen LogP contribution in [-0.4, -0.2) is 26.3 Å². The van der Waals surface area contributed by atoms with Gasteiger partial charge in [0.1, 0.15) is 0 Å². The largest absolute Gasteiger partial charge is 0.383 e. The molecule has 0 aliphatic rings. The van der Waals surface area contributed by atoms with Crippen LogP contribution in [0.2, 0.25) is 0 Å². The first-order valence-electron chi connectivity index (χ1n) is 5.06. The van der Waals surface area contributed by atoms with Crippen LogP contribution in [0.15, 0.2) is 30.3 Å². The van der Waals surface area contributed by atoms with Gasteiger partial charge >= 0.3 is 0 Å². The second-order valence-corrected chi connectivity index (χ2v) is 3.43. The van der Waals surface area contributed by atoms with Gasteiger partial charge < -0.3 is 10.1 Å². The Hall–Kier alpha value is -1.30. The van der Waals surface area contributed by atoms with Crippen LogP contribution in [-0.2, 0) is 11.2 Å². The molecule has 1 aromatic carbocycles. The molecule has 0 amide bonds. The summed E-state index contributed by atoms with van der Waals surface area (Å²) in [5.41, 5.74) is 1.30. The SMILES string of the molecule is C#CCNC(COC)Cc1ccccc1. The van der Waals surface area contributed by atoms with Crippen LogP contribution in [0.25, 0.3) is 0 Å². The van der Waals surface area contributed by atoms with Gasteiger partial charge in [-0.2, -0.15) is 0 Å². The van der Waals surface area contributed by atoms with Crippen molar-refractivity contribution in [3.05, 3.63) is 35.9 Å². The summed E-state index contributed by atoms with van der Waals surface area (Å²) in [6, 6.07) is 10.6. The molecule has 15 heavy (non-hydrogen) atoms. The number of methoxy groups -OCH3 is 1. The average molecular weight is 203 g/mol. The molecule has 1 atom stereocenters. The van der Waals surface area contributed by atoms with Crippen molar-refractivity contribution in [1.29, 1.82) is 0 Å². The molecule has 1 unspecified atom stereocenters. The minimum Gasteiger partial charge on any atom is -0.383 e. The highest BCUT2D eigenvalue weighted by Crippen LogP contribution is 2.03. The van der Waals surface area contributed by atoms with Crippen LogP contribution in [0.5, 0.6) is 0 Å². The number of ether oxygens (including phenoxy) is 1. The molecule has 0 saturated carbocycles. The number of benzene rings is 1. The molecular formula is C13H17NO. The Balaban J connectivity index is 2.47. The monoisotopic (exact) mass is 203 g/mol. The molecule has 1 rings (SSSR count). The van der Waals surface area contributed by atoms with Gasteiger partial charge in [-0.25, -0.2) is 0 Å². The van der Waals surface area contributed by atoms with Gasteiger partial charge in [-0.3, -0.25) is 0 Å². The van der Waals surface area contributed by atoms with Crippen LogP contribution in [0.3, 0.4) is 0 Å². The van der Waals surface area contributed by atoms with E-state index in [4.69, 9.17) is 11.2 Å². The first-order valence-corrected chi connectivity index (χ1v) is 5.06.